The monoisotopic (exact) mass is 404 g/mol. The lowest BCUT2D eigenvalue weighted by Crippen LogP contribution is -2.11. The number of benzene rings is 2. The van der Waals surface area contributed by atoms with Crippen LogP contribution in [-0.4, -0.2) is 18.7 Å². The number of ether oxygens (including phenoxy) is 2. The number of fused-ring (bicyclic) bond motifs is 1. The molecule has 1 saturated heterocycles. The summed E-state index contributed by atoms with van der Waals surface area (Å²) in [5.74, 6) is 1.61. The summed E-state index contributed by atoms with van der Waals surface area (Å²) in [6.45, 7) is 0.474. The number of thiophene rings is 1. The molecular weight excluding hydrogens is 384 g/mol. The minimum Gasteiger partial charge on any atom is -0.458 e. The Labute approximate surface area is 172 Å². The molecule has 3 heterocycles. The maximum absolute atomic E-state index is 7.69. The Morgan fingerprint density at radius 2 is 1.93 bits per heavy atom. The normalized spacial score (nSPS) is 19.0. The van der Waals surface area contributed by atoms with E-state index in [9.17, 15) is 0 Å². The van der Waals surface area contributed by atoms with Gasteiger partial charge in [0, 0.05) is 22.1 Å². The Balaban J connectivity index is 1.36. The van der Waals surface area contributed by atoms with Gasteiger partial charge in [-0.25, -0.2) is 0 Å². The van der Waals surface area contributed by atoms with Crippen molar-refractivity contribution < 1.29 is 13.9 Å². The highest BCUT2D eigenvalue weighted by Crippen LogP contribution is 2.37. The first-order chi connectivity index (χ1) is 14.2. The number of nitrogens with one attached hydrogen (secondary N) is 1. The van der Waals surface area contributed by atoms with Gasteiger partial charge in [-0.05, 0) is 29.8 Å². The van der Waals surface area contributed by atoms with E-state index in [0.29, 0.717) is 13.0 Å². The second-order valence-electron chi connectivity index (χ2n) is 7.02. The van der Waals surface area contributed by atoms with Crippen LogP contribution in [0.3, 0.4) is 0 Å². The molecule has 1 aliphatic rings. The van der Waals surface area contributed by atoms with E-state index < -0.39 is 0 Å². The second kappa shape index (κ2) is 7.48. The standard InChI is InChI=1S/C23H20N2O3S/c24-23(25)21-12-16-15(7-4-8-20(16)29-21)17-9-10-18(27-17)19-13-26-22(28-19)11-14-5-2-1-3-6-14/h1-10,12,19,22H,11,13H2,(H3,24,25). The number of hydrogen-bond donors (Lipinski definition) is 2. The van der Waals surface area contributed by atoms with Gasteiger partial charge in [-0.1, -0.05) is 42.5 Å². The first-order valence-electron chi connectivity index (χ1n) is 9.45. The average molecular weight is 404 g/mol. The van der Waals surface area contributed by atoms with E-state index in [1.54, 1.807) is 0 Å². The summed E-state index contributed by atoms with van der Waals surface area (Å²) in [7, 11) is 0. The number of nitrogen functional groups attached to an aromatic ring is 1. The van der Waals surface area contributed by atoms with Crippen molar-refractivity contribution in [2.45, 2.75) is 18.8 Å². The van der Waals surface area contributed by atoms with Gasteiger partial charge >= 0.3 is 0 Å². The van der Waals surface area contributed by atoms with E-state index in [1.165, 1.54) is 16.9 Å². The molecule has 1 aliphatic heterocycles. The van der Waals surface area contributed by atoms with Gasteiger partial charge in [0.25, 0.3) is 0 Å². The van der Waals surface area contributed by atoms with Gasteiger partial charge in [0.05, 0.1) is 11.5 Å². The summed E-state index contributed by atoms with van der Waals surface area (Å²) in [6.07, 6.45) is 0.230. The fourth-order valence-corrected chi connectivity index (χ4v) is 4.55. The van der Waals surface area contributed by atoms with Crippen LogP contribution >= 0.6 is 11.3 Å². The van der Waals surface area contributed by atoms with Crippen molar-refractivity contribution in [1.29, 1.82) is 5.41 Å². The number of amidine groups is 1. The molecule has 0 amide bonds. The van der Waals surface area contributed by atoms with Gasteiger partial charge in [-0.15, -0.1) is 11.3 Å². The molecule has 2 unspecified atom stereocenters. The maximum Gasteiger partial charge on any atom is 0.162 e. The van der Waals surface area contributed by atoms with E-state index in [0.717, 1.165) is 32.0 Å². The van der Waals surface area contributed by atoms with Crippen molar-refractivity contribution in [3.05, 3.63) is 82.9 Å². The molecule has 2 atom stereocenters. The fourth-order valence-electron chi connectivity index (χ4n) is 3.60. The zero-order valence-corrected chi connectivity index (χ0v) is 16.4. The predicted molar refractivity (Wildman–Crippen MR) is 114 cm³/mol. The summed E-state index contributed by atoms with van der Waals surface area (Å²) in [5.41, 5.74) is 7.83. The molecule has 4 aromatic rings. The Morgan fingerprint density at radius 1 is 1.07 bits per heavy atom. The Kier molecular flexibility index (Phi) is 4.67. The highest BCUT2D eigenvalue weighted by molar-refractivity contribution is 7.20. The van der Waals surface area contributed by atoms with Crippen LogP contribution in [0, 0.1) is 5.41 Å². The highest BCUT2D eigenvalue weighted by Gasteiger charge is 2.30. The van der Waals surface area contributed by atoms with Crippen LogP contribution in [0.4, 0.5) is 0 Å². The lowest BCUT2D eigenvalue weighted by molar-refractivity contribution is -0.0592. The molecule has 0 aliphatic carbocycles. The van der Waals surface area contributed by atoms with Crippen LogP contribution in [0.2, 0.25) is 0 Å². The van der Waals surface area contributed by atoms with Gasteiger partial charge < -0.3 is 19.6 Å². The molecule has 0 bridgehead atoms. The molecule has 6 heteroatoms. The third-order valence-corrected chi connectivity index (χ3v) is 6.16. The summed E-state index contributed by atoms with van der Waals surface area (Å²) >= 11 is 1.51. The molecule has 5 rings (SSSR count). The quantitative estimate of drug-likeness (QED) is 0.358. The van der Waals surface area contributed by atoms with Crippen LogP contribution in [0.5, 0.6) is 0 Å². The van der Waals surface area contributed by atoms with Crippen molar-refractivity contribution >= 4 is 27.3 Å². The van der Waals surface area contributed by atoms with Gasteiger partial charge in [0.2, 0.25) is 0 Å². The number of rotatable bonds is 5. The SMILES string of the molecule is N=C(N)c1cc2c(-c3ccc(C4COC(Cc5ccccc5)O4)o3)cccc2s1. The summed E-state index contributed by atoms with van der Waals surface area (Å²) in [4.78, 5) is 0.760. The van der Waals surface area contributed by atoms with Crippen molar-refractivity contribution in [2.24, 2.45) is 5.73 Å². The largest absolute Gasteiger partial charge is 0.458 e. The van der Waals surface area contributed by atoms with E-state index in [-0.39, 0.29) is 18.2 Å². The molecule has 29 heavy (non-hydrogen) atoms. The van der Waals surface area contributed by atoms with Crippen LogP contribution in [0.25, 0.3) is 21.4 Å². The van der Waals surface area contributed by atoms with Crippen molar-refractivity contribution in [3.63, 3.8) is 0 Å². The van der Waals surface area contributed by atoms with Crippen molar-refractivity contribution in [2.75, 3.05) is 6.61 Å². The highest BCUT2D eigenvalue weighted by atomic mass is 32.1. The molecule has 2 aromatic carbocycles. The third kappa shape index (κ3) is 3.58. The Hall–Kier alpha value is -2.93. The molecule has 146 valence electrons. The van der Waals surface area contributed by atoms with Gasteiger partial charge in [0.15, 0.2) is 6.29 Å². The minimum atomic E-state index is -0.269. The topological polar surface area (TPSA) is 81.5 Å². The van der Waals surface area contributed by atoms with Gasteiger partial charge in [-0.2, -0.15) is 0 Å². The smallest absolute Gasteiger partial charge is 0.162 e. The van der Waals surface area contributed by atoms with Gasteiger partial charge in [-0.3, -0.25) is 5.41 Å². The van der Waals surface area contributed by atoms with Crippen LogP contribution in [-0.2, 0) is 15.9 Å². The Morgan fingerprint density at radius 3 is 2.76 bits per heavy atom. The fraction of sp³-hybridized carbons (Fsp3) is 0.174. The predicted octanol–water partition coefficient (Wildman–Crippen LogP) is 5.10. The number of nitrogens with two attached hydrogens (primary N) is 1. The van der Waals surface area contributed by atoms with E-state index in [2.05, 4.69) is 12.1 Å². The summed E-state index contributed by atoms with van der Waals surface area (Å²) < 4.78 is 19.1. The number of furan rings is 1. The average Bonchev–Trinajstić information content (AvgIpc) is 3.47. The van der Waals surface area contributed by atoms with Crippen LogP contribution < -0.4 is 5.73 Å². The van der Waals surface area contributed by atoms with Crippen molar-refractivity contribution in [3.8, 4) is 11.3 Å². The molecule has 0 spiro atoms. The molecule has 3 N–H and O–H groups in total. The van der Waals surface area contributed by atoms with Crippen LogP contribution in [0.1, 0.15) is 22.3 Å². The molecule has 0 radical (unpaired) electrons. The van der Waals surface area contributed by atoms with Gasteiger partial charge in [0.1, 0.15) is 23.5 Å². The minimum absolute atomic E-state index is 0.0817. The van der Waals surface area contributed by atoms with Crippen molar-refractivity contribution in [1.82, 2.24) is 0 Å². The maximum atomic E-state index is 7.69. The molecule has 2 aromatic heterocycles. The Bertz CT molecular complexity index is 1170. The lowest BCUT2D eigenvalue weighted by atomic mass is 10.1. The van der Waals surface area contributed by atoms with E-state index in [1.807, 2.05) is 54.6 Å². The third-order valence-electron chi connectivity index (χ3n) is 5.03. The first-order valence-corrected chi connectivity index (χ1v) is 10.3. The first kappa shape index (κ1) is 18.1. The van der Waals surface area contributed by atoms with E-state index >= 15 is 0 Å². The zero-order valence-electron chi connectivity index (χ0n) is 15.6. The summed E-state index contributed by atoms with van der Waals surface area (Å²) in [6, 6.07) is 22.1. The lowest BCUT2D eigenvalue weighted by Gasteiger charge is -2.10. The molecule has 1 fully saturated rings. The zero-order chi connectivity index (χ0) is 19.8. The molecular formula is C23H20N2O3S. The number of hydrogen-bond acceptors (Lipinski definition) is 5. The molecule has 5 nitrogen and oxygen atoms in total. The van der Waals surface area contributed by atoms with E-state index in [4.69, 9.17) is 25.0 Å². The second-order valence-corrected chi connectivity index (χ2v) is 8.10. The summed E-state index contributed by atoms with van der Waals surface area (Å²) in [5, 5.41) is 8.73. The molecule has 0 saturated carbocycles. The van der Waals surface area contributed by atoms with Crippen LogP contribution in [0.15, 0.2) is 71.1 Å².